The van der Waals surface area contributed by atoms with Crippen LogP contribution in [0.15, 0.2) is 54.6 Å². The molecule has 0 spiro atoms. The fourth-order valence-corrected chi connectivity index (χ4v) is 5.36. The van der Waals surface area contributed by atoms with E-state index in [9.17, 15) is 9.00 Å². The molecule has 0 unspecified atom stereocenters. The molecule has 146 valence electrons. The molecule has 0 radical (unpaired) electrons. The molecule has 2 aliphatic carbocycles. The molecule has 2 aromatic carbocycles. The molecule has 0 fully saturated rings. The molecule has 3 nitrogen and oxygen atoms in total. The summed E-state index contributed by atoms with van der Waals surface area (Å²) in [5.41, 5.74) is 5.29. The van der Waals surface area contributed by atoms with Gasteiger partial charge < -0.3 is 0 Å². The third-order valence-electron chi connectivity index (χ3n) is 5.92. The Morgan fingerprint density at radius 3 is 2.32 bits per heavy atom. The Morgan fingerprint density at radius 1 is 1.00 bits per heavy atom. The van der Waals surface area contributed by atoms with Gasteiger partial charge in [-0.3, -0.25) is 4.79 Å². The number of Topliss-reactive ketones (excluding diaryl/α,β-unsaturated/α-hetero) is 1. The van der Waals surface area contributed by atoms with E-state index in [-0.39, 0.29) is 28.4 Å². The molecule has 1 N–H and O–H groups in total. The third kappa shape index (κ3) is 3.19. The van der Waals surface area contributed by atoms with Gasteiger partial charge in [-0.25, -0.2) is 8.93 Å². The number of carbonyl (C=O) groups excluding carboxylic acids is 1. The highest BCUT2D eigenvalue weighted by atomic mass is 32.2. The summed E-state index contributed by atoms with van der Waals surface area (Å²) in [5.74, 6) is 0.541. The van der Waals surface area contributed by atoms with Crippen molar-refractivity contribution in [2.24, 2.45) is 11.8 Å². The summed E-state index contributed by atoms with van der Waals surface area (Å²) < 4.78 is 15.9. The van der Waals surface area contributed by atoms with E-state index in [0.29, 0.717) is 6.42 Å². The zero-order valence-corrected chi connectivity index (χ0v) is 17.7. The summed E-state index contributed by atoms with van der Waals surface area (Å²) in [6.07, 6.45) is 0.523. The van der Waals surface area contributed by atoms with Crippen molar-refractivity contribution in [3.63, 3.8) is 0 Å². The second kappa shape index (κ2) is 7.09. The van der Waals surface area contributed by atoms with Crippen molar-refractivity contribution >= 4 is 27.9 Å². The van der Waals surface area contributed by atoms with E-state index in [1.54, 1.807) is 0 Å². The number of carbonyl (C=O) groups is 1. The minimum absolute atomic E-state index is 0.0343. The molecule has 4 rings (SSSR count). The number of nitrogens with one attached hydrogen (secondary N) is 1. The topological polar surface area (TPSA) is 46.2 Å². The molecule has 0 bridgehead atoms. The van der Waals surface area contributed by atoms with Crippen molar-refractivity contribution in [2.75, 3.05) is 0 Å². The highest BCUT2D eigenvalue weighted by molar-refractivity contribution is 7.84. The molecule has 0 saturated carbocycles. The summed E-state index contributed by atoms with van der Waals surface area (Å²) >= 11 is 0. The lowest BCUT2D eigenvalue weighted by molar-refractivity contribution is -0.113. The molecule has 0 aliphatic heterocycles. The highest BCUT2D eigenvalue weighted by Crippen LogP contribution is 2.53. The Kier molecular flexibility index (Phi) is 4.88. The van der Waals surface area contributed by atoms with Crippen molar-refractivity contribution < 1.29 is 9.00 Å². The lowest BCUT2D eigenvalue weighted by Crippen LogP contribution is -2.41. The first-order chi connectivity index (χ1) is 13.3. The van der Waals surface area contributed by atoms with Crippen molar-refractivity contribution in [3.05, 3.63) is 71.3 Å². The molecule has 2 aromatic rings. The van der Waals surface area contributed by atoms with E-state index in [4.69, 9.17) is 0 Å². The number of allylic oxidation sites excluding steroid dienone is 2. The number of ketones is 1. The molecule has 2 aliphatic rings. The molecular weight excluding hydrogens is 366 g/mol. The average Bonchev–Trinajstić information content (AvgIpc) is 3.02. The second-order valence-corrected chi connectivity index (χ2v) is 10.8. The molecule has 0 saturated heterocycles. The third-order valence-corrected chi connectivity index (χ3v) is 7.50. The van der Waals surface area contributed by atoms with Crippen LogP contribution in [0.1, 0.15) is 56.8 Å². The summed E-state index contributed by atoms with van der Waals surface area (Å²) in [6, 6.07) is 18.2. The van der Waals surface area contributed by atoms with Crippen molar-refractivity contribution in [1.29, 1.82) is 0 Å². The van der Waals surface area contributed by atoms with E-state index in [1.165, 1.54) is 5.57 Å². The van der Waals surface area contributed by atoms with E-state index < -0.39 is 11.0 Å². The Morgan fingerprint density at radius 2 is 1.64 bits per heavy atom. The number of hydrogen-bond acceptors (Lipinski definition) is 2. The summed E-state index contributed by atoms with van der Waals surface area (Å²) in [4.78, 5) is 13.0. The first-order valence-electron chi connectivity index (χ1n) is 9.89. The normalized spacial score (nSPS) is 25.4. The average molecular weight is 394 g/mol. The van der Waals surface area contributed by atoms with Gasteiger partial charge in [-0.1, -0.05) is 61.5 Å². The standard InChI is InChI=1S/C24H27NO2S/c1-15-19-14-20(26)21(16-10-6-5-7-11-16)22(19)17-12-8-9-13-18(17)23(15)25-28(27)24(2,3)4/h5-13,15,19,23,25H,14H2,1-4H3/t15-,19-,23-,28+/m0/s1. The fourth-order valence-electron chi connectivity index (χ4n) is 4.44. The minimum Gasteiger partial charge on any atom is -0.294 e. The van der Waals surface area contributed by atoms with E-state index >= 15 is 0 Å². The molecule has 4 atom stereocenters. The first kappa shape index (κ1) is 19.3. The van der Waals surface area contributed by atoms with Gasteiger partial charge in [-0.2, -0.15) is 0 Å². The Labute approximate surface area is 169 Å². The van der Waals surface area contributed by atoms with E-state index in [2.05, 4.69) is 23.8 Å². The summed E-state index contributed by atoms with van der Waals surface area (Å²) in [5, 5.41) is 0. The van der Waals surface area contributed by atoms with Crippen molar-refractivity contribution in [2.45, 2.75) is 44.9 Å². The highest BCUT2D eigenvalue weighted by Gasteiger charge is 2.45. The van der Waals surface area contributed by atoms with Gasteiger partial charge in [0.15, 0.2) is 5.78 Å². The lowest BCUT2D eigenvalue weighted by atomic mass is 9.71. The van der Waals surface area contributed by atoms with Crippen LogP contribution in [0.4, 0.5) is 0 Å². The zero-order chi connectivity index (χ0) is 20.1. The molecular formula is C24H27NO2S. The van der Waals surface area contributed by atoms with Gasteiger partial charge in [0, 0.05) is 18.0 Å². The van der Waals surface area contributed by atoms with Crippen LogP contribution in [0.3, 0.4) is 0 Å². The predicted molar refractivity (Wildman–Crippen MR) is 116 cm³/mol. The SMILES string of the molecule is C[C@H]1[C@@H]2CC(=O)C(c3ccccc3)=C2c2ccccc2[C@H]1N[S@](=O)C(C)(C)C. The molecule has 4 heteroatoms. The van der Waals surface area contributed by atoms with Crippen LogP contribution in [0.2, 0.25) is 0 Å². The Hall–Kier alpha value is -2.04. The molecule has 0 aromatic heterocycles. The fraction of sp³-hybridized carbons (Fsp3) is 0.375. The van der Waals surface area contributed by atoms with E-state index in [0.717, 1.165) is 22.3 Å². The van der Waals surface area contributed by atoms with Gasteiger partial charge in [-0.05, 0) is 54.9 Å². The van der Waals surface area contributed by atoms with Gasteiger partial charge in [0.05, 0.1) is 15.7 Å². The van der Waals surface area contributed by atoms with Crippen LogP contribution in [0, 0.1) is 11.8 Å². The number of rotatable bonds is 3. The maximum atomic E-state index is 13.0. The summed E-state index contributed by atoms with van der Waals surface area (Å²) in [6.45, 7) is 8.12. The Bertz CT molecular complexity index is 972. The quantitative estimate of drug-likeness (QED) is 0.804. The van der Waals surface area contributed by atoms with Crippen LogP contribution < -0.4 is 4.72 Å². The predicted octanol–water partition coefficient (Wildman–Crippen LogP) is 4.93. The minimum atomic E-state index is -1.18. The maximum Gasteiger partial charge on any atom is 0.164 e. The number of fused-ring (bicyclic) bond motifs is 3. The summed E-state index contributed by atoms with van der Waals surface area (Å²) in [7, 11) is -1.18. The second-order valence-electron chi connectivity index (χ2n) is 8.81. The molecule has 0 heterocycles. The largest absolute Gasteiger partial charge is 0.294 e. The lowest BCUT2D eigenvalue weighted by Gasteiger charge is -2.39. The van der Waals surface area contributed by atoms with E-state index in [1.807, 2.05) is 63.2 Å². The van der Waals surface area contributed by atoms with Gasteiger partial charge in [-0.15, -0.1) is 0 Å². The van der Waals surface area contributed by atoms with Crippen LogP contribution >= 0.6 is 0 Å². The van der Waals surface area contributed by atoms with Crippen LogP contribution in [0.5, 0.6) is 0 Å². The smallest absolute Gasteiger partial charge is 0.164 e. The number of benzene rings is 2. The van der Waals surface area contributed by atoms with Crippen molar-refractivity contribution in [1.82, 2.24) is 4.72 Å². The zero-order valence-electron chi connectivity index (χ0n) is 16.9. The van der Waals surface area contributed by atoms with Gasteiger partial charge >= 0.3 is 0 Å². The van der Waals surface area contributed by atoms with Gasteiger partial charge in [0.2, 0.25) is 0 Å². The van der Waals surface area contributed by atoms with Gasteiger partial charge in [0.25, 0.3) is 0 Å². The molecule has 28 heavy (non-hydrogen) atoms. The monoisotopic (exact) mass is 393 g/mol. The molecule has 0 amide bonds. The van der Waals surface area contributed by atoms with Crippen molar-refractivity contribution in [3.8, 4) is 0 Å². The van der Waals surface area contributed by atoms with Crippen LogP contribution in [-0.4, -0.2) is 14.7 Å². The first-order valence-corrected chi connectivity index (χ1v) is 11.0. The van der Waals surface area contributed by atoms with Crippen LogP contribution in [0.25, 0.3) is 11.1 Å². The van der Waals surface area contributed by atoms with Crippen LogP contribution in [-0.2, 0) is 15.8 Å². The number of hydrogen-bond donors (Lipinski definition) is 1. The Balaban J connectivity index is 1.87. The van der Waals surface area contributed by atoms with Gasteiger partial charge in [0.1, 0.15) is 0 Å². The maximum absolute atomic E-state index is 13.0.